The number of nitrogens with one attached hydrogen (secondary N) is 2. The summed E-state index contributed by atoms with van der Waals surface area (Å²) < 4.78 is 12.3. The highest BCUT2D eigenvalue weighted by molar-refractivity contribution is 5.99. The van der Waals surface area contributed by atoms with Gasteiger partial charge in [-0.15, -0.1) is 5.10 Å². The molecule has 9 heteroatoms. The first-order chi connectivity index (χ1) is 18.9. The zero-order chi connectivity index (χ0) is 28.0. The molecular weight excluding hydrogens is 492 g/mol. The molecule has 2 heterocycles. The minimum Gasteiger partial charge on any atom is -0.353 e. The highest BCUT2D eigenvalue weighted by atomic mass is 16.7. The number of hydrogen-bond donors (Lipinski definition) is 2. The van der Waals surface area contributed by atoms with Gasteiger partial charge in [-0.25, -0.2) is 9.69 Å². The average Bonchev–Trinajstić information content (AvgIpc) is 3.46. The lowest BCUT2D eigenvalue weighted by molar-refractivity contribution is -0.188. The number of tetrazole rings is 1. The van der Waals surface area contributed by atoms with E-state index < -0.39 is 0 Å². The van der Waals surface area contributed by atoms with Gasteiger partial charge in [0.05, 0.1) is 11.8 Å². The van der Waals surface area contributed by atoms with E-state index in [4.69, 9.17) is 9.47 Å². The number of hydrogen-bond acceptors (Lipinski definition) is 6. The van der Waals surface area contributed by atoms with Gasteiger partial charge in [-0.05, 0) is 53.9 Å². The number of aromatic nitrogens is 4. The van der Waals surface area contributed by atoms with Crippen LogP contribution in [0.4, 0.5) is 16.4 Å². The minimum absolute atomic E-state index is 0.121. The van der Waals surface area contributed by atoms with Crippen LogP contribution in [0.5, 0.6) is 0 Å². The standard InChI is InChI=1S/C30H50N6O3/c1-6-7-8-9-10-11-12-16-24(39-27-19-13-14-20-38-27)21-31-30(37)36(29-32-34-35-33-29)28-25(22(2)3)17-15-18-26(28)23(4)5/h15,17-18,22-24,27H,6-14,16,19-21H2,1-5H3,(H,31,37)(H,32,33,34,35). The van der Waals surface area contributed by atoms with Crippen LogP contribution in [0.15, 0.2) is 18.2 Å². The Balaban J connectivity index is 1.74. The number of anilines is 2. The summed E-state index contributed by atoms with van der Waals surface area (Å²) in [7, 11) is 0. The second-order valence-corrected chi connectivity index (χ2v) is 11.3. The molecule has 1 aromatic carbocycles. The van der Waals surface area contributed by atoms with Crippen molar-refractivity contribution in [3.8, 4) is 0 Å². The highest BCUT2D eigenvalue weighted by Gasteiger charge is 2.29. The van der Waals surface area contributed by atoms with Gasteiger partial charge in [-0.3, -0.25) is 0 Å². The van der Waals surface area contributed by atoms with E-state index in [-0.39, 0.29) is 36.2 Å². The Bertz CT molecular complexity index is 933. The number of amides is 2. The van der Waals surface area contributed by atoms with Crippen molar-refractivity contribution in [3.63, 3.8) is 0 Å². The third kappa shape index (κ3) is 9.57. The molecule has 0 radical (unpaired) electrons. The maximum Gasteiger partial charge on any atom is 0.329 e. The maximum atomic E-state index is 13.9. The highest BCUT2D eigenvalue weighted by Crippen LogP contribution is 2.38. The number of urea groups is 1. The SMILES string of the molecule is CCCCCCCCCC(CNC(=O)N(c1nn[nH]n1)c1c(C(C)C)cccc1C(C)C)OC1CCCCO1. The second kappa shape index (κ2) is 16.6. The largest absolute Gasteiger partial charge is 0.353 e. The molecule has 1 saturated heterocycles. The zero-order valence-electron chi connectivity index (χ0n) is 24.7. The van der Waals surface area contributed by atoms with E-state index in [9.17, 15) is 4.79 Å². The summed E-state index contributed by atoms with van der Waals surface area (Å²) in [4.78, 5) is 15.4. The predicted molar refractivity (Wildman–Crippen MR) is 155 cm³/mol. The van der Waals surface area contributed by atoms with E-state index in [1.54, 1.807) is 4.90 Å². The fourth-order valence-electron chi connectivity index (χ4n) is 5.17. The van der Waals surface area contributed by atoms with E-state index >= 15 is 0 Å². The maximum absolute atomic E-state index is 13.9. The molecule has 1 aromatic heterocycles. The van der Waals surface area contributed by atoms with Crippen LogP contribution < -0.4 is 10.2 Å². The Kier molecular flexibility index (Phi) is 13.2. The van der Waals surface area contributed by atoms with Crippen molar-refractivity contribution in [2.75, 3.05) is 18.1 Å². The minimum atomic E-state index is -0.288. The average molecular weight is 543 g/mol. The molecule has 3 rings (SSSR count). The van der Waals surface area contributed by atoms with Gasteiger partial charge < -0.3 is 14.8 Å². The molecule has 1 fully saturated rings. The number of carbonyl (C=O) groups is 1. The second-order valence-electron chi connectivity index (χ2n) is 11.3. The molecule has 2 atom stereocenters. The van der Waals surface area contributed by atoms with Crippen LogP contribution in [0.2, 0.25) is 0 Å². The Hall–Kier alpha value is -2.52. The molecule has 1 aliphatic rings. The predicted octanol–water partition coefficient (Wildman–Crippen LogP) is 7.35. The molecule has 0 saturated carbocycles. The Morgan fingerprint density at radius 1 is 1.08 bits per heavy atom. The molecule has 39 heavy (non-hydrogen) atoms. The Morgan fingerprint density at radius 2 is 1.77 bits per heavy atom. The monoisotopic (exact) mass is 542 g/mol. The molecule has 0 aliphatic carbocycles. The van der Waals surface area contributed by atoms with Crippen molar-refractivity contribution in [2.24, 2.45) is 0 Å². The van der Waals surface area contributed by atoms with Crippen LogP contribution in [0.1, 0.15) is 128 Å². The lowest BCUT2D eigenvalue weighted by Gasteiger charge is -2.30. The first-order valence-electron chi connectivity index (χ1n) is 15.1. The summed E-state index contributed by atoms with van der Waals surface area (Å²) in [6, 6.07) is 5.90. The summed E-state index contributed by atoms with van der Waals surface area (Å²) in [6.45, 7) is 11.9. The van der Waals surface area contributed by atoms with Gasteiger partial charge in [0.2, 0.25) is 0 Å². The summed E-state index contributed by atoms with van der Waals surface area (Å²) in [5.74, 6) is 0.637. The number of ether oxygens (including phenoxy) is 2. The molecule has 2 unspecified atom stereocenters. The van der Waals surface area contributed by atoms with Gasteiger partial charge in [0.25, 0.3) is 5.95 Å². The number of para-hydroxylation sites is 1. The number of nitrogens with zero attached hydrogens (tertiary/aromatic N) is 4. The van der Waals surface area contributed by atoms with Crippen LogP contribution in [0.25, 0.3) is 0 Å². The van der Waals surface area contributed by atoms with Crippen molar-refractivity contribution in [1.29, 1.82) is 0 Å². The van der Waals surface area contributed by atoms with Gasteiger partial charge in [-0.2, -0.15) is 5.21 Å². The first kappa shape index (κ1) is 31.0. The Morgan fingerprint density at radius 3 is 2.36 bits per heavy atom. The van der Waals surface area contributed by atoms with E-state index in [1.165, 1.54) is 38.5 Å². The zero-order valence-corrected chi connectivity index (χ0v) is 24.7. The fourth-order valence-corrected chi connectivity index (χ4v) is 5.17. The Labute approximate surface area is 234 Å². The van der Waals surface area contributed by atoms with Gasteiger partial charge in [-0.1, -0.05) is 103 Å². The van der Waals surface area contributed by atoms with Crippen molar-refractivity contribution >= 4 is 17.7 Å². The fraction of sp³-hybridized carbons (Fsp3) is 0.733. The summed E-state index contributed by atoms with van der Waals surface area (Å²) >= 11 is 0. The van der Waals surface area contributed by atoms with E-state index in [0.717, 1.165) is 55.5 Å². The first-order valence-corrected chi connectivity index (χ1v) is 15.1. The molecule has 2 aromatic rings. The number of unbranched alkanes of at least 4 members (excludes halogenated alkanes) is 6. The molecule has 2 amide bonds. The van der Waals surface area contributed by atoms with E-state index in [2.05, 4.69) is 78.8 Å². The lowest BCUT2D eigenvalue weighted by Crippen LogP contribution is -2.43. The van der Waals surface area contributed by atoms with Gasteiger partial charge in [0, 0.05) is 13.2 Å². The summed E-state index contributed by atoms with van der Waals surface area (Å²) in [5.41, 5.74) is 2.95. The van der Waals surface area contributed by atoms with Crippen LogP contribution in [-0.4, -0.2) is 52.2 Å². The molecule has 218 valence electrons. The normalized spacial score (nSPS) is 16.5. The van der Waals surface area contributed by atoms with E-state index in [0.29, 0.717) is 6.54 Å². The summed E-state index contributed by atoms with van der Waals surface area (Å²) in [6.07, 6.45) is 12.3. The molecular formula is C30H50N6O3. The van der Waals surface area contributed by atoms with Crippen LogP contribution >= 0.6 is 0 Å². The van der Waals surface area contributed by atoms with Crippen LogP contribution in [0, 0.1) is 0 Å². The molecule has 1 aliphatic heterocycles. The third-order valence-electron chi connectivity index (χ3n) is 7.40. The number of benzene rings is 1. The number of aromatic amines is 1. The molecule has 0 spiro atoms. The lowest BCUT2D eigenvalue weighted by atomic mass is 9.92. The molecule has 9 nitrogen and oxygen atoms in total. The van der Waals surface area contributed by atoms with Crippen LogP contribution in [-0.2, 0) is 9.47 Å². The van der Waals surface area contributed by atoms with Crippen molar-refractivity contribution in [2.45, 2.75) is 129 Å². The van der Waals surface area contributed by atoms with Gasteiger partial charge >= 0.3 is 6.03 Å². The smallest absolute Gasteiger partial charge is 0.329 e. The molecule has 2 N–H and O–H groups in total. The van der Waals surface area contributed by atoms with Gasteiger partial charge in [0.1, 0.15) is 0 Å². The van der Waals surface area contributed by atoms with Crippen molar-refractivity contribution < 1.29 is 14.3 Å². The number of H-pyrrole nitrogens is 1. The van der Waals surface area contributed by atoms with Crippen LogP contribution in [0.3, 0.4) is 0 Å². The van der Waals surface area contributed by atoms with Crippen molar-refractivity contribution in [3.05, 3.63) is 29.3 Å². The van der Waals surface area contributed by atoms with E-state index in [1.807, 2.05) is 0 Å². The third-order valence-corrected chi connectivity index (χ3v) is 7.40. The van der Waals surface area contributed by atoms with Crippen molar-refractivity contribution in [1.82, 2.24) is 25.9 Å². The quantitative estimate of drug-likeness (QED) is 0.215. The topological polar surface area (TPSA) is 105 Å². The van der Waals surface area contributed by atoms with Gasteiger partial charge in [0.15, 0.2) is 6.29 Å². The number of rotatable bonds is 16. The molecule has 0 bridgehead atoms. The number of carbonyl (C=O) groups excluding carboxylic acids is 1. The summed E-state index contributed by atoms with van der Waals surface area (Å²) in [5, 5.41) is 17.8.